The molecule has 1 aliphatic heterocycles. The van der Waals surface area contributed by atoms with Crippen LogP contribution in [0.4, 0.5) is 4.39 Å². The quantitative estimate of drug-likeness (QED) is 0.787. The van der Waals surface area contributed by atoms with E-state index in [9.17, 15) is 0 Å². The molecular weight excluding hydrogens is 323 g/mol. The Hall–Kier alpha value is -1.49. The van der Waals surface area contributed by atoms with E-state index in [1.165, 1.54) is 0 Å². The summed E-state index contributed by atoms with van der Waals surface area (Å²) in [5.74, 6) is 2.39. The second-order valence-corrected chi connectivity index (χ2v) is 7.62. The monoisotopic (exact) mass is 352 g/mol. The van der Waals surface area contributed by atoms with Crippen molar-refractivity contribution in [3.63, 3.8) is 0 Å². The number of methoxy groups -OCH3 is 3. The first-order valence-electron chi connectivity index (χ1n) is 9.04. The molecule has 0 N–H and O–H groups in total. The van der Waals surface area contributed by atoms with Gasteiger partial charge in [0.05, 0.1) is 39.1 Å². The van der Waals surface area contributed by atoms with Gasteiger partial charge in [0.15, 0.2) is 0 Å². The highest BCUT2D eigenvalue weighted by atomic mass is 19.1. The molecular formula is C20H29FO4. The minimum atomic E-state index is -1.26. The SMILES string of the molecule is COc1cc(OC)c([C@H]2CC(C)(F)[C@@H]3CC[C@@H](C)C[C@H]3O2)c(OC)c1. The van der Waals surface area contributed by atoms with Crippen molar-refractivity contribution in [1.29, 1.82) is 0 Å². The fourth-order valence-electron chi connectivity index (χ4n) is 4.46. The van der Waals surface area contributed by atoms with Crippen LogP contribution >= 0.6 is 0 Å². The molecule has 1 heterocycles. The molecule has 5 atom stereocenters. The average molecular weight is 352 g/mol. The van der Waals surface area contributed by atoms with Crippen LogP contribution in [0.2, 0.25) is 0 Å². The predicted octanol–water partition coefficient (Wildman–Crippen LogP) is 4.71. The highest BCUT2D eigenvalue weighted by Crippen LogP contribution is 2.52. The van der Waals surface area contributed by atoms with Crippen molar-refractivity contribution in [1.82, 2.24) is 0 Å². The number of hydrogen-bond acceptors (Lipinski definition) is 4. The molecule has 3 rings (SSSR count). The Morgan fingerprint density at radius 1 is 1.08 bits per heavy atom. The van der Waals surface area contributed by atoms with E-state index in [1.807, 2.05) is 0 Å². The molecule has 2 aliphatic rings. The Bertz CT molecular complexity index is 591. The molecule has 0 bridgehead atoms. The van der Waals surface area contributed by atoms with Crippen molar-refractivity contribution in [2.45, 2.75) is 57.4 Å². The molecule has 2 fully saturated rings. The molecule has 1 aromatic carbocycles. The molecule has 1 saturated carbocycles. The Morgan fingerprint density at radius 3 is 2.28 bits per heavy atom. The summed E-state index contributed by atoms with van der Waals surface area (Å²) in [4.78, 5) is 0. The van der Waals surface area contributed by atoms with Crippen LogP contribution in [0, 0.1) is 11.8 Å². The first-order chi connectivity index (χ1) is 11.9. The van der Waals surface area contributed by atoms with Crippen LogP contribution in [0.25, 0.3) is 0 Å². The summed E-state index contributed by atoms with van der Waals surface area (Å²) in [5.41, 5.74) is -0.490. The largest absolute Gasteiger partial charge is 0.496 e. The number of benzene rings is 1. The summed E-state index contributed by atoms with van der Waals surface area (Å²) >= 11 is 0. The van der Waals surface area contributed by atoms with E-state index in [-0.39, 0.29) is 12.0 Å². The van der Waals surface area contributed by atoms with Crippen LogP contribution < -0.4 is 14.2 Å². The van der Waals surface area contributed by atoms with Gasteiger partial charge in [-0.25, -0.2) is 4.39 Å². The maximum absolute atomic E-state index is 15.5. The summed E-state index contributed by atoms with van der Waals surface area (Å²) < 4.78 is 38.3. The molecule has 4 nitrogen and oxygen atoms in total. The zero-order valence-corrected chi connectivity index (χ0v) is 15.8. The minimum absolute atomic E-state index is 0.0322. The summed E-state index contributed by atoms with van der Waals surface area (Å²) in [6.45, 7) is 3.94. The lowest BCUT2D eigenvalue weighted by atomic mass is 9.69. The maximum atomic E-state index is 15.5. The second kappa shape index (κ2) is 7.02. The summed E-state index contributed by atoms with van der Waals surface area (Å²) in [5, 5.41) is 0. The highest BCUT2D eigenvalue weighted by molar-refractivity contribution is 5.52. The molecule has 0 aromatic heterocycles. The van der Waals surface area contributed by atoms with Crippen molar-refractivity contribution in [2.24, 2.45) is 11.8 Å². The zero-order valence-electron chi connectivity index (χ0n) is 15.8. The number of fused-ring (bicyclic) bond motifs is 1. The van der Waals surface area contributed by atoms with Gasteiger partial charge in [0.1, 0.15) is 22.9 Å². The van der Waals surface area contributed by atoms with Crippen molar-refractivity contribution >= 4 is 0 Å². The lowest BCUT2D eigenvalue weighted by molar-refractivity contribution is -0.172. The standard InChI is InChI=1S/C20H29FO4/c1-12-6-7-14-15(8-12)25-18(11-20(14,2)21)19-16(23-4)9-13(22-3)10-17(19)24-5/h9-10,12,14-15,18H,6-8,11H2,1-5H3/t12-,14-,15-,18-,20?/m1/s1. The van der Waals surface area contributed by atoms with E-state index in [0.29, 0.717) is 29.6 Å². The van der Waals surface area contributed by atoms with E-state index >= 15 is 4.39 Å². The van der Waals surface area contributed by atoms with Crippen LogP contribution in [0.3, 0.4) is 0 Å². The second-order valence-electron chi connectivity index (χ2n) is 7.62. The highest BCUT2D eigenvalue weighted by Gasteiger charge is 2.50. The summed E-state index contributed by atoms with van der Waals surface area (Å²) in [7, 11) is 4.79. The van der Waals surface area contributed by atoms with E-state index in [4.69, 9.17) is 18.9 Å². The summed E-state index contributed by atoms with van der Waals surface area (Å²) in [6, 6.07) is 3.60. The van der Waals surface area contributed by atoms with Crippen LogP contribution in [-0.2, 0) is 4.74 Å². The van der Waals surface area contributed by atoms with Gasteiger partial charge in [-0.3, -0.25) is 0 Å². The van der Waals surface area contributed by atoms with E-state index in [2.05, 4.69) is 6.92 Å². The average Bonchev–Trinajstić information content (AvgIpc) is 2.59. The molecule has 140 valence electrons. The lowest BCUT2D eigenvalue weighted by Crippen LogP contribution is -2.49. The maximum Gasteiger partial charge on any atom is 0.132 e. The molecule has 0 spiro atoms. The smallest absolute Gasteiger partial charge is 0.132 e. The van der Waals surface area contributed by atoms with E-state index in [1.54, 1.807) is 40.4 Å². The minimum Gasteiger partial charge on any atom is -0.496 e. The van der Waals surface area contributed by atoms with Gasteiger partial charge in [-0.1, -0.05) is 13.3 Å². The molecule has 1 aliphatic carbocycles. The van der Waals surface area contributed by atoms with Gasteiger partial charge in [-0.2, -0.15) is 0 Å². The zero-order chi connectivity index (χ0) is 18.2. The third-order valence-corrected chi connectivity index (χ3v) is 5.83. The Labute approximate surface area is 149 Å². The van der Waals surface area contributed by atoms with Crippen LogP contribution in [0.1, 0.15) is 51.2 Å². The van der Waals surface area contributed by atoms with Crippen molar-refractivity contribution in [2.75, 3.05) is 21.3 Å². The predicted molar refractivity (Wildman–Crippen MR) is 94.3 cm³/mol. The topological polar surface area (TPSA) is 36.9 Å². The fourth-order valence-corrected chi connectivity index (χ4v) is 4.46. The molecule has 0 amide bonds. The van der Waals surface area contributed by atoms with Gasteiger partial charge in [-0.15, -0.1) is 0 Å². The van der Waals surface area contributed by atoms with Gasteiger partial charge in [0.25, 0.3) is 0 Å². The van der Waals surface area contributed by atoms with Crippen molar-refractivity contribution in [3.8, 4) is 17.2 Å². The van der Waals surface area contributed by atoms with Crippen LogP contribution in [-0.4, -0.2) is 33.1 Å². The molecule has 0 radical (unpaired) electrons. The Kier molecular flexibility index (Phi) is 5.14. The lowest BCUT2D eigenvalue weighted by Gasteiger charge is -2.48. The van der Waals surface area contributed by atoms with Gasteiger partial charge >= 0.3 is 0 Å². The number of hydrogen-bond donors (Lipinski definition) is 0. The first kappa shape index (κ1) is 18.3. The Balaban J connectivity index is 1.98. The molecule has 25 heavy (non-hydrogen) atoms. The van der Waals surface area contributed by atoms with Gasteiger partial charge in [0.2, 0.25) is 0 Å². The number of halogens is 1. The molecule has 5 heteroatoms. The number of alkyl halides is 1. The van der Waals surface area contributed by atoms with Crippen molar-refractivity contribution in [3.05, 3.63) is 17.7 Å². The van der Waals surface area contributed by atoms with Crippen molar-refractivity contribution < 1.29 is 23.3 Å². The van der Waals surface area contributed by atoms with Crippen LogP contribution in [0.15, 0.2) is 12.1 Å². The Morgan fingerprint density at radius 2 is 1.72 bits per heavy atom. The first-order valence-corrected chi connectivity index (χ1v) is 9.04. The van der Waals surface area contributed by atoms with E-state index in [0.717, 1.165) is 24.8 Å². The third kappa shape index (κ3) is 3.43. The molecule has 1 saturated heterocycles. The third-order valence-electron chi connectivity index (χ3n) is 5.83. The van der Waals surface area contributed by atoms with Gasteiger partial charge < -0.3 is 18.9 Å². The van der Waals surface area contributed by atoms with Gasteiger partial charge in [-0.05, 0) is 25.7 Å². The number of rotatable bonds is 4. The normalized spacial score (nSPS) is 35.0. The van der Waals surface area contributed by atoms with Crippen LogP contribution in [0.5, 0.6) is 17.2 Å². The van der Waals surface area contributed by atoms with E-state index < -0.39 is 11.8 Å². The summed E-state index contributed by atoms with van der Waals surface area (Å²) in [6.07, 6.45) is 2.72. The number of ether oxygens (including phenoxy) is 4. The fraction of sp³-hybridized carbons (Fsp3) is 0.700. The molecule has 1 unspecified atom stereocenters. The van der Waals surface area contributed by atoms with Gasteiger partial charge in [0, 0.05) is 24.5 Å². The molecule has 1 aromatic rings.